The second kappa shape index (κ2) is 39.0. The first-order chi connectivity index (χ1) is 25.0. The van der Waals surface area contributed by atoms with E-state index in [1.807, 2.05) is 0 Å². The molecule has 1 amide bonds. The van der Waals surface area contributed by atoms with Gasteiger partial charge in [-0.2, -0.15) is 0 Å². The Kier molecular flexibility index (Phi) is 37.4. The molecule has 0 aromatic heterocycles. The van der Waals surface area contributed by atoms with Crippen LogP contribution < -0.4 is 5.32 Å². The lowest BCUT2D eigenvalue weighted by atomic mass is 10.0. The Morgan fingerprint density at radius 1 is 0.588 bits per heavy atom. The molecular weight excluding hydrogens is 634 g/mol. The average Bonchev–Trinajstić information content (AvgIpc) is 3.12. The normalized spacial score (nSPS) is 13.9. The van der Waals surface area contributed by atoms with Gasteiger partial charge < -0.3 is 20.3 Å². The maximum absolute atomic E-state index is 13.1. The highest BCUT2D eigenvalue weighted by atomic mass is 16.5. The maximum Gasteiger partial charge on any atom is 0.306 e. The molecule has 0 aromatic carbocycles. The number of hydrogen-bond acceptors (Lipinski definition) is 5. The number of allylic oxidation sites excluding steroid dienone is 8. The Balaban J connectivity index is 4.70. The van der Waals surface area contributed by atoms with Crippen LogP contribution in [-0.2, 0) is 14.3 Å². The first-order valence-corrected chi connectivity index (χ1v) is 21.4. The molecule has 0 aliphatic carbocycles. The Labute approximate surface area is 315 Å². The summed E-state index contributed by atoms with van der Waals surface area (Å²) in [6.45, 7) is 6.27. The Bertz CT molecular complexity index is 895. The first-order valence-electron chi connectivity index (χ1n) is 21.4. The lowest BCUT2D eigenvalue weighted by molar-refractivity contribution is -0.151. The van der Waals surface area contributed by atoms with E-state index >= 15 is 0 Å². The molecule has 0 aliphatic rings. The average molecular weight is 716 g/mol. The fraction of sp³-hybridized carbons (Fsp3) is 0.778. The Morgan fingerprint density at radius 2 is 1.08 bits per heavy atom. The van der Waals surface area contributed by atoms with Gasteiger partial charge >= 0.3 is 5.97 Å². The zero-order valence-corrected chi connectivity index (χ0v) is 33.5. The third-order valence-corrected chi connectivity index (χ3v) is 9.39. The van der Waals surface area contributed by atoms with Gasteiger partial charge in [0.2, 0.25) is 5.91 Å². The Morgan fingerprint density at radius 3 is 1.71 bits per heavy atom. The fourth-order valence-electron chi connectivity index (χ4n) is 6.13. The van der Waals surface area contributed by atoms with E-state index in [1.165, 1.54) is 70.6 Å². The molecular formula is C45H81NO5. The van der Waals surface area contributed by atoms with Crippen LogP contribution in [0.4, 0.5) is 0 Å². The molecule has 0 aromatic rings. The standard InChI is InChI=1S/C45H81NO5/c1-4-7-10-13-16-19-21-23-25-27-30-33-36-41(51-45(50)38-35-32-29-26-22-20-17-14-11-8-5-2)39-44(49)46-42(40-47)43(48)37-34-31-28-24-18-15-12-9-6-3/h7,10,14,16-17,19,23,25,41-43,47-48H,4-6,8-9,11-13,15,18,20-22,24,26-40H2,1-3H3,(H,46,49)/b10-7+,17-14-,19-16+,25-23+. The maximum atomic E-state index is 13.1. The molecule has 0 radical (unpaired) electrons. The molecule has 3 unspecified atom stereocenters. The third kappa shape index (κ3) is 34.7. The molecule has 0 aliphatic heterocycles. The van der Waals surface area contributed by atoms with Crippen LogP contribution in [0.25, 0.3) is 0 Å². The van der Waals surface area contributed by atoms with Gasteiger partial charge in [-0.15, -0.1) is 0 Å². The predicted molar refractivity (Wildman–Crippen MR) is 218 cm³/mol. The van der Waals surface area contributed by atoms with Crippen molar-refractivity contribution in [1.82, 2.24) is 5.32 Å². The molecule has 3 atom stereocenters. The minimum Gasteiger partial charge on any atom is -0.462 e. The van der Waals surface area contributed by atoms with Crippen LogP contribution in [0.1, 0.15) is 201 Å². The van der Waals surface area contributed by atoms with Crippen molar-refractivity contribution in [1.29, 1.82) is 0 Å². The number of rotatable bonds is 37. The van der Waals surface area contributed by atoms with E-state index in [0.717, 1.165) is 83.5 Å². The number of nitrogens with one attached hydrogen (secondary N) is 1. The van der Waals surface area contributed by atoms with Crippen molar-refractivity contribution in [2.24, 2.45) is 0 Å². The molecule has 0 bridgehead atoms. The van der Waals surface area contributed by atoms with Gasteiger partial charge in [0, 0.05) is 6.42 Å². The predicted octanol–water partition coefficient (Wildman–Crippen LogP) is 11.9. The summed E-state index contributed by atoms with van der Waals surface area (Å²) < 4.78 is 5.86. The third-order valence-electron chi connectivity index (χ3n) is 9.39. The van der Waals surface area contributed by atoms with Crippen molar-refractivity contribution in [2.75, 3.05) is 6.61 Å². The molecule has 0 heterocycles. The SMILES string of the molecule is CC/C=C/C/C=C/C/C=C/CCCCC(CC(=O)NC(CO)C(O)CCCCCCCCCCC)OC(=O)CCCCCCC/C=C\CCCC. The van der Waals surface area contributed by atoms with Gasteiger partial charge in [-0.25, -0.2) is 0 Å². The fourth-order valence-corrected chi connectivity index (χ4v) is 6.13. The molecule has 0 rings (SSSR count). The quantitative estimate of drug-likeness (QED) is 0.0338. The lowest BCUT2D eigenvalue weighted by Gasteiger charge is -2.24. The molecule has 6 heteroatoms. The van der Waals surface area contributed by atoms with Crippen molar-refractivity contribution in [2.45, 2.75) is 219 Å². The molecule has 0 spiro atoms. The highest BCUT2D eigenvalue weighted by molar-refractivity contribution is 5.77. The van der Waals surface area contributed by atoms with Gasteiger partial charge in [0.1, 0.15) is 6.10 Å². The number of hydrogen-bond donors (Lipinski definition) is 3. The molecule has 0 saturated heterocycles. The monoisotopic (exact) mass is 716 g/mol. The number of carbonyl (C=O) groups excluding carboxylic acids is 2. The number of amides is 1. The van der Waals surface area contributed by atoms with Crippen molar-refractivity contribution in [3.63, 3.8) is 0 Å². The van der Waals surface area contributed by atoms with Crippen LogP contribution in [-0.4, -0.2) is 46.9 Å². The topological polar surface area (TPSA) is 95.9 Å². The van der Waals surface area contributed by atoms with Crippen molar-refractivity contribution >= 4 is 11.9 Å². The second-order valence-electron chi connectivity index (χ2n) is 14.4. The summed E-state index contributed by atoms with van der Waals surface area (Å²) in [7, 11) is 0. The largest absolute Gasteiger partial charge is 0.462 e. The molecule has 296 valence electrons. The van der Waals surface area contributed by atoms with E-state index in [2.05, 4.69) is 74.7 Å². The highest BCUT2D eigenvalue weighted by Gasteiger charge is 2.24. The van der Waals surface area contributed by atoms with Crippen molar-refractivity contribution in [3.8, 4) is 0 Å². The highest BCUT2D eigenvalue weighted by Crippen LogP contribution is 2.16. The number of unbranched alkanes of at least 4 members (excludes halogenated alkanes) is 17. The second-order valence-corrected chi connectivity index (χ2v) is 14.4. The van der Waals surface area contributed by atoms with Gasteiger partial charge in [-0.3, -0.25) is 9.59 Å². The van der Waals surface area contributed by atoms with Crippen LogP contribution in [0.5, 0.6) is 0 Å². The minimum atomic E-state index is -0.795. The summed E-state index contributed by atoms with van der Waals surface area (Å²) >= 11 is 0. The van der Waals surface area contributed by atoms with E-state index in [9.17, 15) is 19.8 Å². The minimum absolute atomic E-state index is 0.0475. The van der Waals surface area contributed by atoms with Gasteiger partial charge in [0.15, 0.2) is 0 Å². The molecule has 0 saturated carbocycles. The van der Waals surface area contributed by atoms with E-state index in [-0.39, 0.29) is 24.9 Å². The summed E-state index contributed by atoms with van der Waals surface area (Å²) in [5.41, 5.74) is 0. The number of aliphatic hydroxyl groups is 2. The van der Waals surface area contributed by atoms with Crippen LogP contribution >= 0.6 is 0 Å². The lowest BCUT2D eigenvalue weighted by Crippen LogP contribution is -2.46. The summed E-state index contributed by atoms with van der Waals surface area (Å²) in [4.78, 5) is 25.9. The van der Waals surface area contributed by atoms with E-state index in [4.69, 9.17) is 4.74 Å². The van der Waals surface area contributed by atoms with Crippen LogP contribution in [0.3, 0.4) is 0 Å². The van der Waals surface area contributed by atoms with Crippen LogP contribution in [0.2, 0.25) is 0 Å². The smallest absolute Gasteiger partial charge is 0.306 e. The van der Waals surface area contributed by atoms with E-state index in [1.54, 1.807) is 0 Å². The first kappa shape index (κ1) is 48.8. The number of aliphatic hydroxyl groups excluding tert-OH is 2. The number of carbonyl (C=O) groups is 2. The summed E-state index contributed by atoms with van der Waals surface area (Å²) in [6, 6.07) is -0.711. The zero-order chi connectivity index (χ0) is 37.5. The summed E-state index contributed by atoms with van der Waals surface area (Å²) in [5.74, 6) is -0.529. The molecule has 51 heavy (non-hydrogen) atoms. The van der Waals surface area contributed by atoms with Crippen LogP contribution in [0, 0.1) is 0 Å². The molecule has 0 fully saturated rings. The zero-order valence-electron chi connectivity index (χ0n) is 33.5. The summed E-state index contributed by atoms with van der Waals surface area (Å²) in [5, 5.41) is 23.5. The van der Waals surface area contributed by atoms with Crippen LogP contribution in [0.15, 0.2) is 48.6 Å². The van der Waals surface area contributed by atoms with Crippen molar-refractivity contribution in [3.05, 3.63) is 48.6 Å². The van der Waals surface area contributed by atoms with Crippen molar-refractivity contribution < 1.29 is 24.5 Å². The summed E-state index contributed by atoms with van der Waals surface area (Å²) in [6.07, 6.45) is 44.6. The van der Waals surface area contributed by atoms with Gasteiger partial charge in [-0.1, -0.05) is 159 Å². The van der Waals surface area contributed by atoms with Gasteiger partial charge in [0.25, 0.3) is 0 Å². The van der Waals surface area contributed by atoms with Gasteiger partial charge in [-0.05, 0) is 77.0 Å². The van der Waals surface area contributed by atoms with E-state index in [0.29, 0.717) is 19.3 Å². The molecule has 3 N–H and O–H groups in total. The Hall–Kier alpha value is -2.18. The number of ether oxygens (including phenoxy) is 1. The van der Waals surface area contributed by atoms with Gasteiger partial charge in [0.05, 0.1) is 25.2 Å². The molecule has 6 nitrogen and oxygen atoms in total. The van der Waals surface area contributed by atoms with E-state index < -0.39 is 18.2 Å². The number of esters is 1.